The maximum absolute atomic E-state index is 13.7. The molecule has 120 valence electrons. The van der Waals surface area contributed by atoms with Crippen LogP contribution in [0.4, 0.5) is 4.39 Å². The van der Waals surface area contributed by atoms with E-state index in [9.17, 15) is 4.39 Å². The first kappa shape index (κ1) is 17.8. The number of methoxy groups -OCH3 is 1. The molecule has 0 aliphatic carbocycles. The second-order valence-electron chi connectivity index (χ2n) is 4.54. The first-order valence-corrected chi connectivity index (χ1v) is 6.97. The molecule has 2 N–H and O–H groups in total. The van der Waals surface area contributed by atoms with Crippen LogP contribution in [0, 0.1) is 5.82 Å². The molecule has 0 spiro atoms. The highest BCUT2D eigenvalue weighted by Crippen LogP contribution is 2.20. The van der Waals surface area contributed by atoms with Crippen LogP contribution < -0.4 is 10.5 Å². The van der Waals surface area contributed by atoms with Crippen LogP contribution in [0.25, 0.3) is 0 Å². The smallest absolute Gasteiger partial charge is 0.165 e. The zero-order valence-electron chi connectivity index (χ0n) is 12.6. The monoisotopic (exact) mass is 301 g/mol. The summed E-state index contributed by atoms with van der Waals surface area (Å²) >= 11 is 0. The fourth-order valence-corrected chi connectivity index (χ4v) is 1.59. The normalized spacial score (nSPS) is 12.4. The maximum Gasteiger partial charge on any atom is 0.165 e. The summed E-state index contributed by atoms with van der Waals surface area (Å²) in [5, 5.41) is 0. The van der Waals surface area contributed by atoms with Gasteiger partial charge in [0.25, 0.3) is 0 Å². The third-order valence-electron chi connectivity index (χ3n) is 2.77. The van der Waals surface area contributed by atoms with Crippen molar-refractivity contribution in [2.24, 2.45) is 5.73 Å². The van der Waals surface area contributed by atoms with Gasteiger partial charge in [0.05, 0.1) is 33.0 Å². The van der Waals surface area contributed by atoms with Gasteiger partial charge in [-0.1, -0.05) is 6.07 Å². The average Bonchev–Trinajstić information content (AvgIpc) is 2.46. The van der Waals surface area contributed by atoms with Crippen LogP contribution in [0.5, 0.6) is 5.75 Å². The minimum absolute atomic E-state index is 0.199. The molecule has 0 fully saturated rings. The standard InChI is InChI=1S/C15H24FNO4/c1-12(17)13-3-4-15(14(16)11-13)21-10-9-20-8-7-19-6-5-18-2/h3-4,11-12H,5-10,17H2,1-2H3. The van der Waals surface area contributed by atoms with Crippen molar-refractivity contribution in [3.05, 3.63) is 29.6 Å². The van der Waals surface area contributed by atoms with E-state index in [2.05, 4.69) is 0 Å². The summed E-state index contributed by atoms with van der Waals surface area (Å²) in [5.41, 5.74) is 6.42. The third-order valence-corrected chi connectivity index (χ3v) is 2.77. The van der Waals surface area contributed by atoms with Gasteiger partial charge in [0, 0.05) is 13.2 Å². The molecule has 1 aromatic rings. The SMILES string of the molecule is COCCOCCOCCOc1ccc(C(C)N)cc1F. The highest BCUT2D eigenvalue weighted by molar-refractivity contribution is 5.30. The second kappa shape index (κ2) is 10.5. The zero-order chi connectivity index (χ0) is 15.5. The van der Waals surface area contributed by atoms with Crippen LogP contribution in [0.2, 0.25) is 0 Å². The van der Waals surface area contributed by atoms with E-state index < -0.39 is 5.82 Å². The molecule has 0 aliphatic heterocycles. The molecule has 5 nitrogen and oxygen atoms in total. The molecule has 0 aliphatic rings. The van der Waals surface area contributed by atoms with E-state index in [1.54, 1.807) is 26.2 Å². The molecule has 0 bridgehead atoms. The van der Waals surface area contributed by atoms with Gasteiger partial charge < -0.3 is 24.7 Å². The van der Waals surface area contributed by atoms with E-state index >= 15 is 0 Å². The zero-order valence-corrected chi connectivity index (χ0v) is 12.6. The molecule has 0 aromatic heterocycles. The summed E-state index contributed by atoms with van der Waals surface area (Å²) < 4.78 is 34.4. The second-order valence-corrected chi connectivity index (χ2v) is 4.54. The number of benzene rings is 1. The van der Waals surface area contributed by atoms with Crippen molar-refractivity contribution in [3.63, 3.8) is 0 Å². The number of ether oxygens (including phenoxy) is 4. The first-order chi connectivity index (χ1) is 10.1. The van der Waals surface area contributed by atoms with Gasteiger partial charge in [-0.25, -0.2) is 4.39 Å². The number of halogens is 1. The van der Waals surface area contributed by atoms with Crippen LogP contribution in [0.1, 0.15) is 18.5 Å². The van der Waals surface area contributed by atoms with Crippen LogP contribution in [-0.2, 0) is 14.2 Å². The van der Waals surface area contributed by atoms with E-state index in [0.29, 0.717) is 33.0 Å². The molecule has 1 rings (SSSR count). The number of hydrogen-bond acceptors (Lipinski definition) is 5. The summed E-state index contributed by atoms with van der Waals surface area (Å²) in [5.74, 6) is -0.202. The van der Waals surface area contributed by atoms with Gasteiger partial charge in [-0.05, 0) is 24.6 Å². The summed E-state index contributed by atoms with van der Waals surface area (Å²) in [6.07, 6.45) is 0. The van der Waals surface area contributed by atoms with Crippen molar-refractivity contribution in [1.29, 1.82) is 0 Å². The molecule has 1 atom stereocenters. The fourth-order valence-electron chi connectivity index (χ4n) is 1.59. The minimum atomic E-state index is -0.410. The largest absolute Gasteiger partial charge is 0.488 e. The minimum Gasteiger partial charge on any atom is -0.488 e. The fraction of sp³-hybridized carbons (Fsp3) is 0.600. The molecule has 21 heavy (non-hydrogen) atoms. The maximum atomic E-state index is 13.7. The highest BCUT2D eigenvalue weighted by Gasteiger charge is 2.07. The topological polar surface area (TPSA) is 62.9 Å². The predicted octanol–water partition coefficient (Wildman–Crippen LogP) is 1.90. The lowest BCUT2D eigenvalue weighted by Crippen LogP contribution is -2.13. The highest BCUT2D eigenvalue weighted by atomic mass is 19.1. The first-order valence-electron chi connectivity index (χ1n) is 6.97. The van der Waals surface area contributed by atoms with Crippen LogP contribution in [0.3, 0.4) is 0 Å². The quantitative estimate of drug-likeness (QED) is 0.633. The van der Waals surface area contributed by atoms with Gasteiger partial charge in [-0.2, -0.15) is 0 Å². The Morgan fingerprint density at radius 1 is 1.05 bits per heavy atom. The van der Waals surface area contributed by atoms with E-state index in [0.717, 1.165) is 5.56 Å². The molecular formula is C15H24FNO4. The van der Waals surface area contributed by atoms with Crippen molar-refractivity contribution in [2.45, 2.75) is 13.0 Å². The Balaban J connectivity index is 2.13. The summed E-state index contributed by atoms with van der Waals surface area (Å²) in [4.78, 5) is 0. The van der Waals surface area contributed by atoms with E-state index in [-0.39, 0.29) is 18.4 Å². The van der Waals surface area contributed by atoms with Crippen molar-refractivity contribution >= 4 is 0 Å². The predicted molar refractivity (Wildman–Crippen MR) is 78.0 cm³/mol. The number of nitrogens with two attached hydrogens (primary N) is 1. The Morgan fingerprint density at radius 2 is 1.67 bits per heavy atom. The van der Waals surface area contributed by atoms with Crippen molar-refractivity contribution in [2.75, 3.05) is 46.8 Å². The third kappa shape index (κ3) is 7.38. The van der Waals surface area contributed by atoms with Gasteiger partial charge in [0.15, 0.2) is 11.6 Å². The Morgan fingerprint density at radius 3 is 2.24 bits per heavy atom. The molecule has 0 amide bonds. The summed E-state index contributed by atoms with van der Waals surface area (Å²) in [7, 11) is 1.62. The van der Waals surface area contributed by atoms with E-state index in [1.807, 2.05) is 0 Å². The van der Waals surface area contributed by atoms with Gasteiger partial charge in [-0.3, -0.25) is 0 Å². The van der Waals surface area contributed by atoms with Crippen LogP contribution in [0.15, 0.2) is 18.2 Å². The van der Waals surface area contributed by atoms with Crippen molar-refractivity contribution < 1.29 is 23.3 Å². The van der Waals surface area contributed by atoms with Gasteiger partial charge in [-0.15, -0.1) is 0 Å². The molecule has 1 aromatic carbocycles. The molecule has 0 radical (unpaired) electrons. The van der Waals surface area contributed by atoms with Gasteiger partial charge in [0.2, 0.25) is 0 Å². The van der Waals surface area contributed by atoms with Gasteiger partial charge in [0.1, 0.15) is 6.61 Å². The van der Waals surface area contributed by atoms with Crippen molar-refractivity contribution in [3.8, 4) is 5.75 Å². The lowest BCUT2D eigenvalue weighted by molar-refractivity contribution is 0.0177. The Hall–Kier alpha value is -1.21. The van der Waals surface area contributed by atoms with Crippen molar-refractivity contribution in [1.82, 2.24) is 0 Å². The lowest BCUT2D eigenvalue weighted by atomic mass is 10.1. The molecular weight excluding hydrogens is 277 g/mol. The number of hydrogen-bond donors (Lipinski definition) is 1. The van der Waals surface area contributed by atoms with E-state index in [1.165, 1.54) is 6.07 Å². The molecule has 1 unspecified atom stereocenters. The lowest BCUT2D eigenvalue weighted by Gasteiger charge is -2.11. The Labute approximate surface area is 125 Å². The van der Waals surface area contributed by atoms with Crippen LogP contribution >= 0.6 is 0 Å². The average molecular weight is 301 g/mol. The molecule has 0 saturated heterocycles. The summed E-state index contributed by atoms with van der Waals surface area (Å²) in [6.45, 7) is 4.56. The molecule has 0 saturated carbocycles. The van der Waals surface area contributed by atoms with Gasteiger partial charge >= 0.3 is 0 Å². The molecule has 0 heterocycles. The Kier molecular flexibility index (Phi) is 8.93. The van der Waals surface area contributed by atoms with E-state index in [4.69, 9.17) is 24.7 Å². The summed E-state index contributed by atoms with van der Waals surface area (Å²) in [6, 6.07) is 4.54. The Bertz CT molecular complexity index is 401. The van der Waals surface area contributed by atoms with Crippen LogP contribution in [-0.4, -0.2) is 46.8 Å². The number of rotatable bonds is 11. The molecule has 6 heteroatoms.